The zero-order chi connectivity index (χ0) is 18.8. The second-order valence-electron chi connectivity index (χ2n) is 5.75. The summed E-state index contributed by atoms with van der Waals surface area (Å²) in [5.41, 5.74) is 0.574. The van der Waals surface area contributed by atoms with E-state index in [9.17, 15) is 19.7 Å². The van der Waals surface area contributed by atoms with Crippen molar-refractivity contribution in [2.45, 2.75) is 26.0 Å². The number of aromatic nitrogens is 1. The number of anilines is 2. The Hall–Kier alpha value is -3.49. The minimum absolute atomic E-state index is 0.0435. The fourth-order valence-corrected chi connectivity index (χ4v) is 2.59. The second-order valence-corrected chi connectivity index (χ2v) is 5.75. The molecule has 9 heteroatoms. The molecule has 0 bridgehead atoms. The highest BCUT2D eigenvalue weighted by Gasteiger charge is 2.41. The molecule has 0 fully saturated rings. The summed E-state index contributed by atoms with van der Waals surface area (Å²) in [5.74, 6) is -1.21. The Bertz CT molecular complexity index is 871. The van der Waals surface area contributed by atoms with Crippen LogP contribution in [0.15, 0.2) is 42.5 Å². The quantitative estimate of drug-likeness (QED) is 0.663. The monoisotopic (exact) mass is 356 g/mol. The number of nitro groups is 1. The summed E-state index contributed by atoms with van der Waals surface area (Å²) in [7, 11) is 0. The Morgan fingerprint density at radius 2 is 2.00 bits per heavy atom. The summed E-state index contributed by atoms with van der Waals surface area (Å²) >= 11 is 0. The molecule has 1 aliphatic rings. The molecule has 1 aromatic heterocycles. The third-order valence-electron chi connectivity index (χ3n) is 3.94. The van der Waals surface area contributed by atoms with Gasteiger partial charge in [-0.2, -0.15) is 0 Å². The van der Waals surface area contributed by atoms with E-state index >= 15 is 0 Å². The number of nitrogens with zero attached hydrogens (tertiary/aromatic N) is 3. The predicted octanol–water partition coefficient (Wildman–Crippen LogP) is 2.13. The smallest absolute Gasteiger partial charge is 0.366 e. The maximum Gasteiger partial charge on any atom is 0.366 e. The lowest BCUT2D eigenvalue weighted by molar-refractivity contribution is -0.389. The molecule has 2 atom stereocenters. The van der Waals surface area contributed by atoms with E-state index in [0.29, 0.717) is 5.69 Å². The van der Waals surface area contributed by atoms with Crippen LogP contribution in [0.3, 0.4) is 0 Å². The molecule has 2 heterocycles. The highest BCUT2D eigenvalue weighted by molar-refractivity contribution is 6.07. The number of carbonyl (C=O) groups is 2. The molecule has 1 aliphatic heterocycles. The van der Waals surface area contributed by atoms with Crippen molar-refractivity contribution in [2.24, 2.45) is 0 Å². The van der Waals surface area contributed by atoms with Gasteiger partial charge in [0, 0.05) is 11.8 Å². The normalized spacial score (nSPS) is 17.1. The number of rotatable bonds is 4. The Morgan fingerprint density at radius 3 is 2.65 bits per heavy atom. The van der Waals surface area contributed by atoms with E-state index in [2.05, 4.69) is 10.3 Å². The van der Waals surface area contributed by atoms with Gasteiger partial charge in [-0.1, -0.05) is 18.2 Å². The van der Waals surface area contributed by atoms with E-state index in [4.69, 9.17) is 4.74 Å². The first-order valence-electron chi connectivity index (χ1n) is 7.89. The third-order valence-corrected chi connectivity index (χ3v) is 3.94. The maximum atomic E-state index is 12.6. The fourth-order valence-electron chi connectivity index (χ4n) is 2.59. The van der Waals surface area contributed by atoms with Gasteiger partial charge < -0.3 is 20.2 Å². The summed E-state index contributed by atoms with van der Waals surface area (Å²) in [6.45, 7) is 3.07. The number of hydrogen-bond acceptors (Lipinski definition) is 6. The van der Waals surface area contributed by atoms with Gasteiger partial charge in [-0.3, -0.25) is 14.5 Å². The zero-order valence-electron chi connectivity index (χ0n) is 14.1. The van der Waals surface area contributed by atoms with Crippen LogP contribution in [0.2, 0.25) is 0 Å². The molecule has 134 valence electrons. The van der Waals surface area contributed by atoms with Crippen LogP contribution >= 0.6 is 0 Å². The minimum Gasteiger partial charge on any atom is -0.475 e. The van der Waals surface area contributed by atoms with Crippen LogP contribution in [0, 0.1) is 10.1 Å². The number of pyridine rings is 1. The topological polar surface area (TPSA) is 115 Å². The van der Waals surface area contributed by atoms with Crippen LogP contribution in [0.4, 0.5) is 17.3 Å². The Labute approximate surface area is 148 Å². The van der Waals surface area contributed by atoms with Crippen LogP contribution in [0.25, 0.3) is 0 Å². The fraction of sp³-hybridized carbons (Fsp3) is 0.235. The molecule has 3 rings (SSSR count). The highest BCUT2D eigenvalue weighted by Crippen LogP contribution is 2.35. The maximum absolute atomic E-state index is 12.6. The van der Waals surface area contributed by atoms with Crippen molar-refractivity contribution in [3.63, 3.8) is 0 Å². The van der Waals surface area contributed by atoms with Crippen LogP contribution in [-0.2, 0) is 9.59 Å². The number of hydrogen-bond donors (Lipinski definition) is 1. The molecule has 2 unspecified atom stereocenters. The van der Waals surface area contributed by atoms with E-state index in [1.807, 2.05) is 6.07 Å². The van der Waals surface area contributed by atoms with Crippen molar-refractivity contribution in [2.75, 3.05) is 10.2 Å². The SMILES string of the molecule is CC1Oc2ccc([N+](=O)[O-])nc2N(C(C)C(=O)Nc2ccccc2)C1=O. The van der Waals surface area contributed by atoms with Gasteiger partial charge in [0.1, 0.15) is 6.04 Å². The number of ether oxygens (including phenoxy) is 1. The van der Waals surface area contributed by atoms with Crippen molar-refractivity contribution in [1.82, 2.24) is 4.98 Å². The van der Waals surface area contributed by atoms with E-state index in [1.54, 1.807) is 31.2 Å². The van der Waals surface area contributed by atoms with Gasteiger partial charge in [-0.15, -0.1) is 0 Å². The van der Waals surface area contributed by atoms with Gasteiger partial charge in [0.05, 0.1) is 0 Å². The number of fused-ring (bicyclic) bond motifs is 1. The van der Waals surface area contributed by atoms with E-state index in [1.165, 1.54) is 19.1 Å². The molecule has 1 aromatic carbocycles. The van der Waals surface area contributed by atoms with Gasteiger partial charge >= 0.3 is 5.82 Å². The standard InChI is InChI=1S/C17H16N4O5/c1-10(16(22)18-12-6-4-3-5-7-12)20-15-13(26-11(2)17(20)23)8-9-14(19-15)21(24)25/h3-11H,1-2H3,(H,18,22). The van der Waals surface area contributed by atoms with Gasteiger partial charge in [-0.25, -0.2) is 0 Å². The summed E-state index contributed by atoms with van der Waals surface area (Å²) in [4.78, 5) is 40.5. The largest absolute Gasteiger partial charge is 0.475 e. The van der Waals surface area contributed by atoms with Crippen LogP contribution in [0.5, 0.6) is 5.75 Å². The van der Waals surface area contributed by atoms with Crippen LogP contribution in [-0.4, -0.2) is 33.9 Å². The number of benzene rings is 1. The number of amides is 2. The lowest BCUT2D eigenvalue weighted by Gasteiger charge is -2.32. The summed E-state index contributed by atoms with van der Waals surface area (Å²) in [6, 6.07) is 10.4. The number of para-hydroxylation sites is 1. The van der Waals surface area contributed by atoms with Crippen LogP contribution < -0.4 is 15.0 Å². The number of carbonyl (C=O) groups excluding carboxylic acids is 2. The minimum atomic E-state index is -0.942. The van der Waals surface area contributed by atoms with Gasteiger partial charge in [0.15, 0.2) is 11.9 Å². The molecule has 0 spiro atoms. The van der Waals surface area contributed by atoms with E-state index in [-0.39, 0.29) is 11.6 Å². The first-order chi connectivity index (χ1) is 12.4. The molecule has 0 saturated heterocycles. The lowest BCUT2D eigenvalue weighted by atomic mass is 10.1. The molecule has 0 radical (unpaired) electrons. The van der Waals surface area contributed by atoms with Gasteiger partial charge in [0.25, 0.3) is 11.7 Å². The molecule has 26 heavy (non-hydrogen) atoms. The highest BCUT2D eigenvalue weighted by atomic mass is 16.6. The Balaban J connectivity index is 1.94. The summed E-state index contributed by atoms with van der Waals surface area (Å²) in [6.07, 6.45) is -0.835. The second kappa shape index (κ2) is 6.79. The zero-order valence-corrected chi connectivity index (χ0v) is 14.1. The molecule has 0 saturated carbocycles. The van der Waals surface area contributed by atoms with Gasteiger partial charge in [-0.05, 0) is 42.0 Å². The van der Waals surface area contributed by atoms with Crippen molar-refractivity contribution < 1.29 is 19.2 Å². The molecule has 9 nitrogen and oxygen atoms in total. The van der Waals surface area contributed by atoms with Crippen LogP contribution in [0.1, 0.15) is 13.8 Å². The number of nitrogens with one attached hydrogen (secondary N) is 1. The summed E-state index contributed by atoms with van der Waals surface area (Å²) in [5, 5.41) is 13.7. The van der Waals surface area contributed by atoms with Crippen molar-refractivity contribution in [3.8, 4) is 5.75 Å². The summed E-state index contributed by atoms with van der Waals surface area (Å²) < 4.78 is 5.45. The van der Waals surface area contributed by atoms with Crippen molar-refractivity contribution >= 4 is 29.1 Å². The first-order valence-corrected chi connectivity index (χ1v) is 7.89. The lowest BCUT2D eigenvalue weighted by Crippen LogP contribution is -2.53. The predicted molar refractivity (Wildman–Crippen MR) is 93.0 cm³/mol. The van der Waals surface area contributed by atoms with Crippen molar-refractivity contribution in [3.05, 3.63) is 52.6 Å². The Kier molecular flexibility index (Phi) is 4.53. The average Bonchev–Trinajstić information content (AvgIpc) is 2.62. The molecule has 1 N–H and O–H groups in total. The molecule has 0 aliphatic carbocycles. The third kappa shape index (κ3) is 3.18. The van der Waals surface area contributed by atoms with Crippen molar-refractivity contribution in [1.29, 1.82) is 0 Å². The van der Waals surface area contributed by atoms with Gasteiger partial charge in [0.2, 0.25) is 5.91 Å². The molecule has 2 amide bonds. The Morgan fingerprint density at radius 1 is 1.31 bits per heavy atom. The molecular weight excluding hydrogens is 340 g/mol. The van der Waals surface area contributed by atoms with E-state index < -0.39 is 34.7 Å². The molecular formula is C17H16N4O5. The first kappa shape index (κ1) is 17.3. The average molecular weight is 356 g/mol. The van der Waals surface area contributed by atoms with E-state index in [0.717, 1.165) is 4.90 Å². The molecule has 2 aromatic rings.